The molecule has 0 aromatic heterocycles. The zero-order chi connectivity index (χ0) is 19.4. The molecule has 0 aliphatic carbocycles. The smallest absolute Gasteiger partial charge is 0.293 e. The van der Waals surface area contributed by atoms with Crippen molar-refractivity contribution in [3.63, 3.8) is 0 Å². The van der Waals surface area contributed by atoms with E-state index in [2.05, 4.69) is 28.1 Å². The molecule has 0 atom stereocenters. The molecule has 1 fully saturated rings. The van der Waals surface area contributed by atoms with Crippen molar-refractivity contribution >= 4 is 50.6 Å². The first-order valence-corrected chi connectivity index (χ1v) is 10.3. The van der Waals surface area contributed by atoms with E-state index in [0.29, 0.717) is 11.4 Å². The van der Waals surface area contributed by atoms with Gasteiger partial charge in [-0.05, 0) is 69.9 Å². The van der Waals surface area contributed by atoms with Crippen molar-refractivity contribution in [3.05, 3.63) is 69.0 Å². The van der Waals surface area contributed by atoms with Crippen molar-refractivity contribution in [2.45, 2.75) is 12.8 Å². The molecule has 4 nitrogen and oxygen atoms in total. The predicted octanol–water partition coefficient (Wildman–Crippen LogP) is 5.18. The van der Waals surface area contributed by atoms with Crippen molar-refractivity contribution in [2.24, 2.45) is 0 Å². The Balaban J connectivity index is 1.66. The number of carbonyl (C=O) groups excluding carboxylic acids is 2. The molecule has 140 valence electrons. The summed E-state index contributed by atoms with van der Waals surface area (Å²) < 4.78 is 0.948. The molecule has 0 bridgehead atoms. The van der Waals surface area contributed by atoms with Crippen molar-refractivity contribution in [2.75, 3.05) is 25.5 Å². The molecule has 0 saturated carbocycles. The minimum atomic E-state index is -0.203. The second-order valence-corrected chi connectivity index (χ2v) is 8.38. The third kappa shape index (κ3) is 4.82. The van der Waals surface area contributed by atoms with E-state index in [1.54, 1.807) is 6.08 Å². The third-order valence-electron chi connectivity index (χ3n) is 4.31. The molecule has 0 radical (unpaired) electrons. The van der Waals surface area contributed by atoms with Crippen LogP contribution in [0.2, 0.25) is 0 Å². The van der Waals surface area contributed by atoms with Crippen LogP contribution in [0.15, 0.2) is 57.9 Å². The largest absolute Gasteiger partial charge is 0.377 e. The van der Waals surface area contributed by atoms with Gasteiger partial charge in [-0.1, -0.05) is 36.4 Å². The van der Waals surface area contributed by atoms with Crippen LogP contribution < -0.4 is 4.90 Å². The Labute approximate surface area is 172 Å². The zero-order valence-electron chi connectivity index (χ0n) is 15.3. The lowest BCUT2D eigenvalue weighted by Gasteiger charge is -2.14. The highest BCUT2D eigenvalue weighted by Crippen LogP contribution is 2.34. The van der Waals surface area contributed by atoms with Gasteiger partial charge in [0.1, 0.15) is 0 Å². The SMILES string of the molecule is CN(C)c1ccc(/C=C2/SC(=O)N(CCCc3ccccc3)C2=O)cc1Br. The summed E-state index contributed by atoms with van der Waals surface area (Å²) in [6, 6.07) is 16.0. The Hall–Kier alpha value is -2.05. The van der Waals surface area contributed by atoms with Crippen molar-refractivity contribution in [1.29, 1.82) is 0 Å². The summed E-state index contributed by atoms with van der Waals surface area (Å²) in [6.07, 6.45) is 3.39. The molecule has 27 heavy (non-hydrogen) atoms. The number of halogens is 1. The standard InChI is InChI=1S/C21H21BrN2O2S/c1-23(2)18-11-10-16(13-17(18)22)14-19-20(25)24(21(26)27-19)12-6-9-15-7-4-3-5-8-15/h3-5,7-8,10-11,13-14H,6,9,12H2,1-2H3/b19-14+. The topological polar surface area (TPSA) is 40.6 Å². The van der Waals surface area contributed by atoms with Gasteiger partial charge >= 0.3 is 0 Å². The van der Waals surface area contributed by atoms with Gasteiger partial charge in [-0.3, -0.25) is 14.5 Å². The van der Waals surface area contributed by atoms with Crippen LogP contribution in [0.1, 0.15) is 17.5 Å². The van der Waals surface area contributed by atoms with Crippen LogP contribution in [-0.4, -0.2) is 36.7 Å². The van der Waals surface area contributed by atoms with E-state index in [0.717, 1.165) is 40.3 Å². The van der Waals surface area contributed by atoms with Gasteiger partial charge in [0.25, 0.3) is 11.1 Å². The number of thioether (sulfide) groups is 1. The van der Waals surface area contributed by atoms with E-state index in [1.165, 1.54) is 10.5 Å². The first kappa shape index (κ1) is 19.7. The monoisotopic (exact) mass is 444 g/mol. The molecule has 2 aromatic rings. The number of amides is 2. The Morgan fingerprint density at radius 1 is 1.11 bits per heavy atom. The predicted molar refractivity (Wildman–Crippen MR) is 116 cm³/mol. The summed E-state index contributed by atoms with van der Waals surface area (Å²) >= 11 is 4.56. The lowest BCUT2D eigenvalue weighted by molar-refractivity contribution is -0.122. The Bertz CT molecular complexity index is 881. The molecule has 1 aliphatic heterocycles. The van der Waals surface area contributed by atoms with E-state index in [4.69, 9.17) is 0 Å². The first-order valence-electron chi connectivity index (χ1n) is 8.72. The summed E-state index contributed by atoms with van der Waals surface area (Å²) in [7, 11) is 3.95. The van der Waals surface area contributed by atoms with Crippen molar-refractivity contribution < 1.29 is 9.59 Å². The fraction of sp³-hybridized carbons (Fsp3) is 0.238. The molecule has 0 spiro atoms. The Morgan fingerprint density at radius 2 is 1.85 bits per heavy atom. The lowest BCUT2D eigenvalue weighted by atomic mass is 10.1. The Kier molecular flexibility index (Phi) is 6.39. The van der Waals surface area contributed by atoms with Gasteiger partial charge in [0.05, 0.1) is 10.6 Å². The third-order valence-corrected chi connectivity index (χ3v) is 5.86. The van der Waals surface area contributed by atoms with Gasteiger partial charge in [-0.2, -0.15) is 0 Å². The maximum atomic E-state index is 12.6. The van der Waals surface area contributed by atoms with E-state index in [9.17, 15) is 9.59 Å². The van der Waals surface area contributed by atoms with E-state index in [-0.39, 0.29) is 11.1 Å². The molecule has 2 amide bonds. The molecule has 2 aromatic carbocycles. The number of anilines is 1. The number of nitrogens with zero attached hydrogens (tertiary/aromatic N) is 2. The number of benzene rings is 2. The van der Waals surface area contributed by atoms with E-state index in [1.807, 2.05) is 55.4 Å². The normalized spacial score (nSPS) is 15.7. The molecule has 0 unspecified atom stereocenters. The molecule has 1 aliphatic rings. The van der Waals surface area contributed by atoms with Crippen molar-refractivity contribution in [3.8, 4) is 0 Å². The van der Waals surface area contributed by atoms with Crippen molar-refractivity contribution in [1.82, 2.24) is 4.90 Å². The number of imide groups is 1. The van der Waals surface area contributed by atoms with E-state index < -0.39 is 0 Å². The summed E-state index contributed by atoms with van der Waals surface area (Å²) in [6.45, 7) is 0.445. The minimum absolute atomic E-state index is 0.191. The van der Waals surface area contributed by atoms with Gasteiger partial charge in [0.15, 0.2) is 0 Å². The van der Waals surface area contributed by atoms with Gasteiger partial charge in [-0.25, -0.2) is 0 Å². The number of aryl methyl sites for hydroxylation is 1. The average Bonchev–Trinajstić information content (AvgIpc) is 2.90. The fourth-order valence-electron chi connectivity index (χ4n) is 2.91. The van der Waals surface area contributed by atoms with Gasteiger partial charge in [-0.15, -0.1) is 0 Å². The molecular formula is C21H21BrN2O2S. The van der Waals surface area contributed by atoms with Gasteiger partial charge in [0.2, 0.25) is 0 Å². The van der Waals surface area contributed by atoms with Crippen LogP contribution in [0.25, 0.3) is 6.08 Å². The maximum Gasteiger partial charge on any atom is 0.293 e. The van der Waals surface area contributed by atoms with Crippen LogP contribution in [0, 0.1) is 0 Å². The molecular weight excluding hydrogens is 424 g/mol. The lowest BCUT2D eigenvalue weighted by Crippen LogP contribution is -2.29. The maximum absolute atomic E-state index is 12.6. The average molecular weight is 445 g/mol. The van der Waals surface area contributed by atoms with E-state index >= 15 is 0 Å². The van der Waals surface area contributed by atoms with Crippen LogP contribution in [-0.2, 0) is 11.2 Å². The molecule has 1 saturated heterocycles. The van der Waals surface area contributed by atoms with Gasteiger partial charge < -0.3 is 4.90 Å². The second kappa shape index (κ2) is 8.76. The fourth-order valence-corrected chi connectivity index (χ4v) is 4.52. The summed E-state index contributed by atoms with van der Waals surface area (Å²) in [4.78, 5) is 28.7. The molecule has 6 heteroatoms. The van der Waals surface area contributed by atoms with Crippen LogP contribution in [0.5, 0.6) is 0 Å². The summed E-state index contributed by atoms with van der Waals surface area (Å²) in [5.41, 5.74) is 3.16. The van der Waals surface area contributed by atoms with Crippen LogP contribution >= 0.6 is 27.7 Å². The molecule has 3 rings (SSSR count). The highest BCUT2D eigenvalue weighted by atomic mass is 79.9. The van der Waals surface area contributed by atoms with Crippen LogP contribution in [0.3, 0.4) is 0 Å². The molecule has 1 heterocycles. The summed E-state index contributed by atoms with van der Waals surface area (Å²) in [5, 5.41) is -0.191. The molecule has 0 N–H and O–H groups in total. The number of carbonyl (C=O) groups is 2. The Morgan fingerprint density at radius 3 is 2.52 bits per heavy atom. The minimum Gasteiger partial charge on any atom is -0.377 e. The number of hydrogen-bond donors (Lipinski definition) is 0. The van der Waals surface area contributed by atoms with Crippen LogP contribution in [0.4, 0.5) is 10.5 Å². The highest BCUT2D eigenvalue weighted by molar-refractivity contribution is 9.10. The number of rotatable bonds is 6. The second-order valence-electron chi connectivity index (χ2n) is 6.53. The quantitative estimate of drug-likeness (QED) is 0.575. The number of hydrogen-bond acceptors (Lipinski definition) is 4. The zero-order valence-corrected chi connectivity index (χ0v) is 17.7. The highest BCUT2D eigenvalue weighted by Gasteiger charge is 2.34. The summed E-state index contributed by atoms with van der Waals surface area (Å²) in [5.74, 6) is -0.203. The van der Waals surface area contributed by atoms with Gasteiger partial charge in [0, 0.05) is 25.1 Å². The first-order chi connectivity index (χ1) is 13.0.